The summed E-state index contributed by atoms with van der Waals surface area (Å²) in [6, 6.07) is 11.3. The Morgan fingerprint density at radius 2 is 2.06 bits per heavy atom. The van der Waals surface area contributed by atoms with E-state index < -0.39 is 0 Å². The number of rotatable bonds is 7. The van der Waals surface area contributed by atoms with Crippen LogP contribution in [0.25, 0.3) is 11.4 Å². The zero-order valence-electron chi connectivity index (χ0n) is 18.0. The number of halogens is 1. The van der Waals surface area contributed by atoms with E-state index in [0.29, 0.717) is 42.0 Å². The molecule has 1 unspecified atom stereocenters. The Kier molecular flexibility index (Phi) is 6.65. The van der Waals surface area contributed by atoms with Crippen LogP contribution in [0.3, 0.4) is 0 Å². The first kappa shape index (κ1) is 21.8. The Balaban J connectivity index is 1.38. The fraction of sp³-hybridized carbons (Fsp3) is 0.348. The fourth-order valence-corrected chi connectivity index (χ4v) is 3.83. The minimum absolute atomic E-state index is 0.114. The van der Waals surface area contributed by atoms with Crippen molar-refractivity contribution < 1.29 is 23.2 Å². The quantitative estimate of drug-likeness (QED) is 0.599. The van der Waals surface area contributed by atoms with E-state index in [1.165, 1.54) is 12.1 Å². The second-order valence-corrected chi connectivity index (χ2v) is 7.66. The third kappa shape index (κ3) is 5.05. The molecular weight excluding hydrogens is 415 g/mol. The smallest absolute Gasteiger partial charge is 0.241 e. The predicted molar refractivity (Wildman–Crippen MR) is 116 cm³/mol. The van der Waals surface area contributed by atoms with Crippen molar-refractivity contribution in [2.24, 2.45) is 5.92 Å². The van der Waals surface area contributed by atoms with E-state index >= 15 is 0 Å². The molecule has 4 rings (SSSR count). The van der Waals surface area contributed by atoms with Crippen LogP contribution in [0.5, 0.6) is 11.5 Å². The molecule has 3 aromatic rings. The van der Waals surface area contributed by atoms with Crippen LogP contribution in [-0.2, 0) is 11.3 Å². The number of nitrogens with zero attached hydrogens (tertiary/aromatic N) is 3. The lowest BCUT2D eigenvalue weighted by atomic mass is 9.97. The average Bonchev–Trinajstić information content (AvgIpc) is 3.27. The molecule has 0 bridgehead atoms. The van der Waals surface area contributed by atoms with E-state index in [2.05, 4.69) is 20.4 Å². The van der Waals surface area contributed by atoms with Crippen LogP contribution in [0.4, 0.5) is 10.1 Å². The SMILES string of the molecule is COc1ccc(-c2noc(CN3CCCC(C(=O)Nc4cccc(F)c4)C3)n2)cc1OC. The van der Waals surface area contributed by atoms with Gasteiger partial charge >= 0.3 is 0 Å². The van der Waals surface area contributed by atoms with Gasteiger partial charge in [0.2, 0.25) is 17.6 Å². The maximum atomic E-state index is 13.4. The zero-order valence-corrected chi connectivity index (χ0v) is 18.0. The normalized spacial score (nSPS) is 16.5. The van der Waals surface area contributed by atoms with Gasteiger partial charge in [-0.1, -0.05) is 11.2 Å². The first-order valence-electron chi connectivity index (χ1n) is 10.4. The highest BCUT2D eigenvalue weighted by atomic mass is 19.1. The van der Waals surface area contributed by atoms with Crippen molar-refractivity contribution in [1.29, 1.82) is 0 Å². The third-order valence-electron chi connectivity index (χ3n) is 5.44. The molecule has 168 valence electrons. The molecule has 1 aliphatic rings. The highest BCUT2D eigenvalue weighted by molar-refractivity contribution is 5.92. The summed E-state index contributed by atoms with van der Waals surface area (Å²) in [5.41, 5.74) is 1.22. The lowest BCUT2D eigenvalue weighted by molar-refractivity contribution is -0.121. The van der Waals surface area contributed by atoms with Gasteiger partial charge in [-0.2, -0.15) is 4.98 Å². The van der Waals surface area contributed by atoms with Gasteiger partial charge in [-0.25, -0.2) is 4.39 Å². The number of benzene rings is 2. The zero-order chi connectivity index (χ0) is 22.5. The van der Waals surface area contributed by atoms with Crippen LogP contribution in [0.2, 0.25) is 0 Å². The van der Waals surface area contributed by atoms with Gasteiger partial charge in [0.05, 0.1) is 26.7 Å². The highest BCUT2D eigenvalue weighted by Gasteiger charge is 2.27. The molecule has 1 aliphatic heterocycles. The number of methoxy groups -OCH3 is 2. The van der Waals surface area contributed by atoms with E-state index in [1.54, 1.807) is 38.5 Å². The second-order valence-electron chi connectivity index (χ2n) is 7.66. The Morgan fingerprint density at radius 3 is 2.84 bits per heavy atom. The number of piperidine rings is 1. The lowest BCUT2D eigenvalue weighted by Gasteiger charge is -2.30. The van der Waals surface area contributed by atoms with Crippen LogP contribution in [0.15, 0.2) is 47.0 Å². The molecule has 32 heavy (non-hydrogen) atoms. The van der Waals surface area contributed by atoms with Crippen LogP contribution in [0.1, 0.15) is 18.7 Å². The standard InChI is InChI=1S/C23H25FN4O4/c1-30-19-9-8-15(11-20(19)31-2)22-26-21(32-27-22)14-28-10-4-5-16(13-28)23(29)25-18-7-3-6-17(24)12-18/h3,6-9,11-12,16H,4-5,10,13-14H2,1-2H3,(H,25,29). The van der Waals surface area contributed by atoms with Crippen LogP contribution in [0, 0.1) is 11.7 Å². The molecule has 1 aromatic heterocycles. The number of ether oxygens (including phenoxy) is 2. The minimum atomic E-state index is -0.380. The van der Waals surface area contributed by atoms with E-state index in [-0.39, 0.29) is 17.6 Å². The molecular formula is C23H25FN4O4. The predicted octanol–water partition coefficient (Wildman–Crippen LogP) is 3.74. The molecule has 1 amide bonds. The average molecular weight is 440 g/mol. The van der Waals surface area contributed by atoms with Crippen LogP contribution in [-0.4, -0.2) is 48.3 Å². The van der Waals surface area contributed by atoms with Gasteiger partial charge in [0.25, 0.3) is 0 Å². The highest BCUT2D eigenvalue weighted by Crippen LogP contribution is 2.31. The summed E-state index contributed by atoms with van der Waals surface area (Å²) in [5, 5.41) is 6.88. The number of hydrogen-bond acceptors (Lipinski definition) is 7. The van der Waals surface area contributed by atoms with Gasteiger partial charge in [0, 0.05) is 17.8 Å². The first-order valence-corrected chi connectivity index (χ1v) is 10.4. The molecule has 2 aromatic carbocycles. The summed E-state index contributed by atoms with van der Waals surface area (Å²) in [4.78, 5) is 19.3. The molecule has 0 aliphatic carbocycles. The molecule has 2 heterocycles. The third-order valence-corrected chi connectivity index (χ3v) is 5.44. The number of carbonyl (C=O) groups is 1. The summed E-state index contributed by atoms with van der Waals surface area (Å²) in [6.07, 6.45) is 1.65. The number of likely N-dealkylation sites (tertiary alicyclic amines) is 1. The van der Waals surface area contributed by atoms with E-state index in [4.69, 9.17) is 14.0 Å². The molecule has 0 spiro atoms. The molecule has 0 saturated carbocycles. The van der Waals surface area contributed by atoms with E-state index in [1.807, 2.05) is 6.07 Å². The van der Waals surface area contributed by atoms with Gasteiger partial charge in [0.1, 0.15) is 5.82 Å². The van der Waals surface area contributed by atoms with Crippen molar-refractivity contribution in [1.82, 2.24) is 15.0 Å². The van der Waals surface area contributed by atoms with Crippen molar-refractivity contribution in [3.8, 4) is 22.9 Å². The number of anilines is 1. The van der Waals surface area contributed by atoms with E-state index in [9.17, 15) is 9.18 Å². The van der Waals surface area contributed by atoms with Gasteiger partial charge in [-0.05, 0) is 55.8 Å². The summed E-state index contributed by atoms with van der Waals surface area (Å²) in [7, 11) is 3.15. The number of hydrogen-bond donors (Lipinski definition) is 1. The van der Waals surface area contributed by atoms with Crippen molar-refractivity contribution in [2.45, 2.75) is 19.4 Å². The number of carbonyl (C=O) groups excluding carboxylic acids is 1. The Morgan fingerprint density at radius 1 is 1.22 bits per heavy atom. The minimum Gasteiger partial charge on any atom is -0.493 e. The first-order chi connectivity index (χ1) is 15.6. The maximum Gasteiger partial charge on any atom is 0.241 e. The van der Waals surface area contributed by atoms with Crippen LogP contribution < -0.4 is 14.8 Å². The van der Waals surface area contributed by atoms with Gasteiger partial charge in [-0.3, -0.25) is 9.69 Å². The van der Waals surface area contributed by atoms with Crippen LogP contribution >= 0.6 is 0 Å². The van der Waals surface area contributed by atoms with Gasteiger partial charge in [0.15, 0.2) is 11.5 Å². The second kappa shape index (κ2) is 9.78. The van der Waals surface area contributed by atoms with E-state index in [0.717, 1.165) is 24.9 Å². The van der Waals surface area contributed by atoms with Crippen molar-refractivity contribution in [3.05, 3.63) is 54.2 Å². The Bertz CT molecular complexity index is 1090. The summed E-state index contributed by atoms with van der Waals surface area (Å²) >= 11 is 0. The molecule has 1 atom stereocenters. The fourth-order valence-electron chi connectivity index (χ4n) is 3.83. The monoisotopic (exact) mass is 440 g/mol. The number of nitrogens with one attached hydrogen (secondary N) is 1. The molecule has 1 N–H and O–H groups in total. The lowest BCUT2D eigenvalue weighted by Crippen LogP contribution is -2.40. The van der Waals surface area contributed by atoms with Gasteiger partial charge in [-0.15, -0.1) is 0 Å². The largest absolute Gasteiger partial charge is 0.493 e. The topological polar surface area (TPSA) is 89.7 Å². The number of amides is 1. The van der Waals surface area contributed by atoms with Gasteiger partial charge < -0.3 is 19.3 Å². The van der Waals surface area contributed by atoms with Crippen molar-refractivity contribution >= 4 is 11.6 Å². The summed E-state index contributed by atoms with van der Waals surface area (Å²) in [5.74, 6) is 1.45. The van der Waals surface area contributed by atoms with Crippen molar-refractivity contribution in [3.63, 3.8) is 0 Å². The Labute approximate surface area is 185 Å². The molecule has 9 heteroatoms. The molecule has 0 radical (unpaired) electrons. The molecule has 8 nitrogen and oxygen atoms in total. The molecule has 1 saturated heterocycles. The summed E-state index contributed by atoms with van der Waals surface area (Å²) < 4.78 is 29.4. The number of aromatic nitrogens is 2. The maximum absolute atomic E-state index is 13.4. The molecule has 1 fully saturated rings. The summed E-state index contributed by atoms with van der Waals surface area (Å²) in [6.45, 7) is 1.84. The Hall–Kier alpha value is -3.46. The van der Waals surface area contributed by atoms with Crippen molar-refractivity contribution in [2.75, 3.05) is 32.6 Å².